The summed E-state index contributed by atoms with van der Waals surface area (Å²) >= 11 is 6.45. The van der Waals surface area contributed by atoms with Crippen molar-refractivity contribution in [3.63, 3.8) is 0 Å². The molecule has 4 nitrogen and oxygen atoms in total. The third kappa shape index (κ3) is 4.49. The van der Waals surface area contributed by atoms with Crippen molar-refractivity contribution in [2.24, 2.45) is 17.3 Å². The molecule has 5 heteroatoms. The molecule has 0 spiro atoms. The Morgan fingerprint density at radius 2 is 1.87 bits per heavy atom. The van der Waals surface area contributed by atoms with E-state index < -0.39 is 0 Å². The van der Waals surface area contributed by atoms with E-state index in [9.17, 15) is 9.59 Å². The molecule has 0 aromatic heterocycles. The van der Waals surface area contributed by atoms with Gasteiger partial charge in [-0.2, -0.15) is 0 Å². The van der Waals surface area contributed by atoms with Crippen LogP contribution in [0.25, 0.3) is 0 Å². The number of ketones is 1. The molecular formula is C25H33ClO4. The molecule has 0 radical (unpaired) electrons. The molecule has 0 heterocycles. The van der Waals surface area contributed by atoms with Gasteiger partial charge in [0.05, 0.1) is 24.8 Å². The molecule has 1 saturated carbocycles. The molecule has 1 aliphatic rings. The highest BCUT2D eigenvalue weighted by Crippen LogP contribution is 2.45. The lowest BCUT2D eigenvalue weighted by molar-refractivity contribution is -0.129. The average molecular weight is 433 g/mol. The second-order valence-corrected chi connectivity index (χ2v) is 8.87. The number of Topliss-reactive ketones (excluding diaryl/α,β-unsaturated/α-hetero) is 1. The molecule has 3 atom stereocenters. The standard InChI is InChI=1S/C25H33ClO4/c1-15(12-13-25(5)16(2)9-11-21(28)18(25)4)8-10-19-23(29-6)20(14-27)17(3)22(26)24(19)30-7/h8,12-14,16,18H,9-11H2,1-7H3/b13-12+,15-8-. The molecule has 0 N–H and O–H groups in total. The Balaban J connectivity index is 2.37. The van der Waals surface area contributed by atoms with Crippen LogP contribution in [0.5, 0.6) is 11.5 Å². The van der Waals surface area contributed by atoms with Gasteiger partial charge in [-0.15, -0.1) is 0 Å². The summed E-state index contributed by atoms with van der Waals surface area (Å²) in [6.45, 7) is 10.2. The van der Waals surface area contributed by atoms with E-state index in [0.29, 0.717) is 52.2 Å². The topological polar surface area (TPSA) is 52.6 Å². The van der Waals surface area contributed by atoms with Crippen LogP contribution >= 0.6 is 11.6 Å². The fraction of sp³-hybridized carbons (Fsp3) is 0.520. The van der Waals surface area contributed by atoms with Crippen LogP contribution in [0.15, 0.2) is 23.8 Å². The lowest BCUT2D eigenvalue weighted by Gasteiger charge is -2.42. The number of carbonyl (C=O) groups excluding carboxylic acids is 2. The molecule has 1 aromatic carbocycles. The van der Waals surface area contributed by atoms with Crippen molar-refractivity contribution in [2.45, 2.75) is 53.9 Å². The second kappa shape index (κ2) is 9.82. The van der Waals surface area contributed by atoms with Crippen molar-refractivity contribution >= 4 is 23.7 Å². The van der Waals surface area contributed by atoms with Crippen LogP contribution < -0.4 is 9.47 Å². The molecule has 3 unspecified atom stereocenters. The third-order valence-electron chi connectivity index (χ3n) is 6.89. The molecule has 0 aliphatic heterocycles. The van der Waals surface area contributed by atoms with Gasteiger partial charge in [0.1, 0.15) is 17.3 Å². The number of allylic oxidation sites excluding steroid dienone is 4. The highest BCUT2D eigenvalue weighted by Gasteiger charge is 2.41. The predicted octanol–water partition coefficient (Wildman–Crippen LogP) is 6.16. The summed E-state index contributed by atoms with van der Waals surface area (Å²) in [6.07, 6.45) is 9.19. The van der Waals surface area contributed by atoms with Crippen LogP contribution in [0.1, 0.15) is 62.0 Å². The summed E-state index contributed by atoms with van der Waals surface area (Å²) in [5, 5.41) is 0.424. The molecule has 0 saturated heterocycles. The lowest BCUT2D eigenvalue weighted by atomic mass is 9.61. The van der Waals surface area contributed by atoms with Crippen LogP contribution in [-0.2, 0) is 11.2 Å². The van der Waals surface area contributed by atoms with E-state index in [2.05, 4.69) is 32.1 Å². The zero-order valence-electron chi connectivity index (χ0n) is 19.1. The van der Waals surface area contributed by atoms with Crippen molar-refractivity contribution in [1.82, 2.24) is 0 Å². The monoisotopic (exact) mass is 432 g/mol. The fourth-order valence-corrected chi connectivity index (χ4v) is 4.53. The maximum atomic E-state index is 12.3. The van der Waals surface area contributed by atoms with Gasteiger partial charge in [0.2, 0.25) is 0 Å². The van der Waals surface area contributed by atoms with E-state index in [4.69, 9.17) is 21.1 Å². The Hall–Kier alpha value is -2.07. The first-order valence-electron chi connectivity index (χ1n) is 10.4. The van der Waals surface area contributed by atoms with E-state index in [0.717, 1.165) is 23.8 Å². The Bertz CT molecular complexity index is 884. The molecule has 1 aromatic rings. The van der Waals surface area contributed by atoms with Gasteiger partial charge in [0.15, 0.2) is 6.29 Å². The summed E-state index contributed by atoms with van der Waals surface area (Å²) in [6, 6.07) is 0. The van der Waals surface area contributed by atoms with E-state index in [1.165, 1.54) is 0 Å². The number of aldehydes is 1. The van der Waals surface area contributed by atoms with Gasteiger partial charge < -0.3 is 9.47 Å². The minimum atomic E-state index is -0.155. The number of hydrogen-bond acceptors (Lipinski definition) is 4. The molecule has 164 valence electrons. The van der Waals surface area contributed by atoms with Gasteiger partial charge in [-0.25, -0.2) is 0 Å². The van der Waals surface area contributed by atoms with Crippen LogP contribution in [0, 0.1) is 24.2 Å². The summed E-state index contributed by atoms with van der Waals surface area (Å²) in [4.78, 5) is 23.9. The van der Waals surface area contributed by atoms with Gasteiger partial charge in [-0.1, -0.05) is 56.2 Å². The summed E-state index contributed by atoms with van der Waals surface area (Å²) in [5.41, 5.74) is 2.73. The smallest absolute Gasteiger partial charge is 0.154 e. The van der Waals surface area contributed by atoms with Crippen molar-refractivity contribution in [3.8, 4) is 11.5 Å². The SMILES string of the molecule is COc1c(Cl)c(C)c(C=O)c(OC)c1C/C=C(C)\C=C\C1(C)C(C)CCC(=O)C1C. The van der Waals surface area contributed by atoms with Crippen molar-refractivity contribution in [1.29, 1.82) is 0 Å². The number of rotatable bonds is 7. The summed E-state index contributed by atoms with van der Waals surface area (Å²) in [7, 11) is 3.10. The molecular weight excluding hydrogens is 400 g/mol. The lowest BCUT2D eigenvalue weighted by Crippen LogP contribution is -2.40. The number of hydrogen-bond donors (Lipinski definition) is 0. The van der Waals surface area contributed by atoms with E-state index >= 15 is 0 Å². The first kappa shape index (κ1) is 24.2. The maximum Gasteiger partial charge on any atom is 0.154 e. The van der Waals surface area contributed by atoms with E-state index in [1.807, 2.05) is 13.8 Å². The molecule has 1 fully saturated rings. The van der Waals surface area contributed by atoms with Crippen LogP contribution in [-0.4, -0.2) is 26.3 Å². The highest BCUT2D eigenvalue weighted by molar-refractivity contribution is 6.33. The summed E-state index contributed by atoms with van der Waals surface area (Å²) in [5.74, 6) is 1.81. The van der Waals surface area contributed by atoms with Gasteiger partial charge in [0.25, 0.3) is 0 Å². The zero-order chi connectivity index (χ0) is 22.6. The maximum absolute atomic E-state index is 12.3. The fourth-order valence-electron chi connectivity index (χ4n) is 4.24. The van der Waals surface area contributed by atoms with Gasteiger partial charge in [-0.05, 0) is 43.6 Å². The Morgan fingerprint density at radius 3 is 2.43 bits per heavy atom. The Labute approximate surface area is 185 Å². The van der Waals surface area contributed by atoms with Crippen LogP contribution in [0.3, 0.4) is 0 Å². The predicted molar refractivity (Wildman–Crippen MR) is 122 cm³/mol. The number of benzene rings is 1. The van der Waals surface area contributed by atoms with Crippen molar-refractivity contribution in [2.75, 3.05) is 14.2 Å². The van der Waals surface area contributed by atoms with Crippen molar-refractivity contribution < 1.29 is 19.1 Å². The third-order valence-corrected chi connectivity index (χ3v) is 7.34. The van der Waals surface area contributed by atoms with Gasteiger partial charge in [-0.3, -0.25) is 9.59 Å². The molecule has 0 amide bonds. The molecule has 1 aliphatic carbocycles. The Kier molecular flexibility index (Phi) is 7.93. The van der Waals surface area contributed by atoms with Gasteiger partial charge in [0, 0.05) is 17.9 Å². The van der Waals surface area contributed by atoms with E-state index in [1.54, 1.807) is 21.1 Å². The quantitative estimate of drug-likeness (QED) is 0.382. The number of carbonyl (C=O) groups is 2. The minimum Gasteiger partial charge on any atom is -0.496 e. The number of ether oxygens (including phenoxy) is 2. The molecule has 30 heavy (non-hydrogen) atoms. The zero-order valence-corrected chi connectivity index (χ0v) is 19.9. The first-order valence-corrected chi connectivity index (χ1v) is 10.8. The van der Waals surface area contributed by atoms with Gasteiger partial charge >= 0.3 is 0 Å². The first-order chi connectivity index (χ1) is 14.1. The second-order valence-electron chi connectivity index (χ2n) is 8.49. The van der Waals surface area contributed by atoms with Crippen molar-refractivity contribution in [3.05, 3.63) is 45.5 Å². The number of methoxy groups -OCH3 is 2. The number of halogens is 1. The normalized spacial score (nSPS) is 24.9. The van der Waals surface area contributed by atoms with Crippen LogP contribution in [0.2, 0.25) is 5.02 Å². The van der Waals surface area contributed by atoms with E-state index in [-0.39, 0.29) is 11.3 Å². The average Bonchev–Trinajstić information content (AvgIpc) is 2.73. The van der Waals surface area contributed by atoms with Crippen LogP contribution in [0.4, 0.5) is 0 Å². The molecule has 2 rings (SSSR count). The molecule has 0 bridgehead atoms. The Morgan fingerprint density at radius 1 is 1.23 bits per heavy atom. The minimum absolute atomic E-state index is 0.0107. The largest absolute Gasteiger partial charge is 0.496 e. The summed E-state index contributed by atoms with van der Waals surface area (Å²) < 4.78 is 11.1. The highest BCUT2D eigenvalue weighted by atomic mass is 35.5.